The molecule has 3 nitrogen and oxygen atoms in total. The maximum absolute atomic E-state index is 13.0. The van der Waals surface area contributed by atoms with Gasteiger partial charge in [-0.3, -0.25) is 4.79 Å². The monoisotopic (exact) mass is 465 g/mol. The van der Waals surface area contributed by atoms with Crippen LogP contribution in [-0.2, 0) is 0 Å². The average Bonchev–Trinajstić information content (AvgIpc) is 2.76. The van der Waals surface area contributed by atoms with Crippen LogP contribution in [-0.4, -0.2) is 12.4 Å². The Balaban J connectivity index is 1.78. The Hall–Kier alpha value is -2.59. The molecule has 0 saturated carbocycles. The minimum atomic E-state index is -0.135. The molecule has 0 aliphatic carbocycles. The zero-order valence-electron chi connectivity index (χ0n) is 17.5. The van der Waals surface area contributed by atoms with Gasteiger partial charge >= 0.3 is 0 Å². The van der Waals surface area contributed by atoms with Gasteiger partial charge in [0, 0.05) is 22.1 Å². The minimum absolute atomic E-state index is 0.118. The van der Waals surface area contributed by atoms with Crippen LogP contribution in [0.1, 0.15) is 53.7 Å². The van der Waals surface area contributed by atoms with Gasteiger partial charge in [-0.15, -0.1) is 0 Å². The largest absolute Gasteiger partial charge is 0.494 e. The molecule has 0 amide bonds. The molecule has 30 heavy (non-hydrogen) atoms. The zero-order valence-corrected chi connectivity index (χ0v) is 19.1. The van der Waals surface area contributed by atoms with Gasteiger partial charge in [0.2, 0.25) is 0 Å². The molecule has 4 heteroatoms. The number of rotatable bonds is 10. The molecule has 1 atom stereocenters. The zero-order chi connectivity index (χ0) is 21.3. The predicted octanol–water partition coefficient (Wildman–Crippen LogP) is 7.36. The van der Waals surface area contributed by atoms with Crippen molar-refractivity contribution in [2.24, 2.45) is 0 Å². The number of benzene rings is 3. The highest BCUT2D eigenvalue weighted by atomic mass is 79.9. The second-order valence-corrected chi connectivity index (χ2v) is 8.38. The van der Waals surface area contributed by atoms with E-state index in [0.29, 0.717) is 6.42 Å². The highest BCUT2D eigenvalue weighted by molar-refractivity contribution is 9.10. The lowest BCUT2D eigenvalue weighted by Crippen LogP contribution is -2.16. The third-order valence-electron chi connectivity index (χ3n) is 5.00. The second kappa shape index (κ2) is 11.0. The Morgan fingerprint density at radius 1 is 0.967 bits per heavy atom. The van der Waals surface area contributed by atoms with Crippen molar-refractivity contribution in [1.29, 1.82) is 0 Å². The molecule has 3 aromatic carbocycles. The molecule has 0 fully saturated rings. The summed E-state index contributed by atoms with van der Waals surface area (Å²) in [6, 6.07) is 23.7. The van der Waals surface area contributed by atoms with E-state index in [1.165, 1.54) is 0 Å². The molecular formula is C26H28BrNO2. The van der Waals surface area contributed by atoms with Gasteiger partial charge in [0.05, 0.1) is 12.6 Å². The van der Waals surface area contributed by atoms with Gasteiger partial charge in [-0.05, 0) is 55.3 Å². The molecule has 0 aliphatic heterocycles. The lowest BCUT2D eigenvalue weighted by Gasteiger charge is -2.21. The van der Waals surface area contributed by atoms with E-state index in [1.807, 2.05) is 79.7 Å². The first-order valence-electron chi connectivity index (χ1n) is 10.4. The smallest absolute Gasteiger partial charge is 0.165 e. The molecule has 156 valence electrons. The van der Waals surface area contributed by atoms with Crippen molar-refractivity contribution in [3.63, 3.8) is 0 Å². The highest BCUT2D eigenvalue weighted by Gasteiger charge is 2.18. The topological polar surface area (TPSA) is 38.3 Å². The number of hydrogen-bond acceptors (Lipinski definition) is 3. The molecule has 3 rings (SSSR count). The van der Waals surface area contributed by atoms with Crippen LogP contribution in [0, 0.1) is 6.92 Å². The van der Waals surface area contributed by atoms with Crippen LogP contribution >= 0.6 is 15.9 Å². The molecule has 0 unspecified atom stereocenters. The molecule has 0 aliphatic rings. The summed E-state index contributed by atoms with van der Waals surface area (Å²) < 4.78 is 6.80. The Labute approximate surface area is 187 Å². The van der Waals surface area contributed by atoms with Crippen molar-refractivity contribution in [3.8, 4) is 5.75 Å². The van der Waals surface area contributed by atoms with Gasteiger partial charge in [-0.25, -0.2) is 0 Å². The number of ketones is 1. The van der Waals surface area contributed by atoms with Crippen LogP contribution in [0.3, 0.4) is 0 Å². The molecule has 0 radical (unpaired) electrons. The van der Waals surface area contributed by atoms with Crippen molar-refractivity contribution in [2.45, 2.75) is 39.2 Å². The van der Waals surface area contributed by atoms with E-state index >= 15 is 0 Å². The number of Topliss-reactive ketones (excluding diaryl/α,β-unsaturated/α-hetero) is 1. The predicted molar refractivity (Wildman–Crippen MR) is 127 cm³/mol. The molecule has 0 heterocycles. The lowest BCUT2D eigenvalue weighted by atomic mass is 9.97. The Morgan fingerprint density at radius 3 is 2.27 bits per heavy atom. The standard InChI is InChI=1S/C26H28BrNO2/c1-3-4-17-30-24-15-9-20(10-16-24)25(28-23-13-11-22(27)12-14-23)18-26(29)21-7-5-19(2)6-8-21/h5-16,25,28H,3-4,17-18H2,1-2H3/t25-/m0/s1. The van der Waals surface area contributed by atoms with Gasteiger partial charge in [0.15, 0.2) is 5.78 Å². The molecule has 0 saturated heterocycles. The molecular weight excluding hydrogens is 438 g/mol. The third kappa shape index (κ3) is 6.46. The van der Waals surface area contributed by atoms with Crippen LogP contribution in [0.5, 0.6) is 5.75 Å². The van der Waals surface area contributed by atoms with Crippen molar-refractivity contribution in [2.75, 3.05) is 11.9 Å². The summed E-state index contributed by atoms with van der Waals surface area (Å²) in [5, 5.41) is 3.52. The summed E-state index contributed by atoms with van der Waals surface area (Å²) in [4.78, 5) is 13.0. The first-order valence-corrected chi connectivity index (χ1v) is 11.2. The second-order valence-electron chi connectivity index (χ2n) is 7.47. The first-order chi connectivity index (χ1) is 14.5. The number of carbonyl (C=O) groups is 1. The van der Waals surface area contributed by atoms with E-state index in [1.54, 1.807) is 0 Å². The molecule has 3 aromatic rings. The summed E-state index contributed by atoms with van der Waals surface area (Å²) in [7, 11) is 0. The normalized spacial score (nSPS) is 11.7. The van der Waals surface area contributed by atoms with Crippen molar-refractivity contribution in [1.82, 2.24) is 0 Å². The maximum atomic E-state index is 13.0. The van der Waals surface area contributed by atoms with E-state index in [0.717, 1.165) is 52.0 Å². The molecule has 0 aromatic heterocycles. The van der Waals surface area contributed by atoms with E-state index < -0.39 is 0 Å². The summed E-state index contributed by atoms with van der Waals surface area (Å²) in [6.07, 6.45) is 2.52. The summed E-state index contributed by atoms with van der Waals surface area (Å²) in [6.45, 7) is 4.90. The summed E-state index contributed by atoms with van der Waals surface area (Å²) in [5.41, 5.74) is 3.92. The number of nitrogens with one attached hydrogen (secondary N) is 1. The Kier molecular flexibility index (Phi) is 8.09. The number of carbonyl (C=O) groups excluding carboxylic acids is 1. The summed E-state index contributed by atoms with van der Waals surface area (Å²) >= 11 is 3.47. The van der Waals surface area contributed by atoms with Gasteiger partial charge in [-0.2, -0.15) is 0 Å². The lowest BCUT2D eigenvalue weighted by molar-refractivity contribution is 0.0976. The number of unbranched alkanes of at least 4 members (excludes halogenated alkanes) is 1. The van der Waals surface area contributed by atoms with Crippen molar-refractivity contribution in [3.05, 3.63) is 94.0 Å². The van der Waals surface area contributed by atoms with Gasteiger partial charge in [0.25, 0.3) is 0 Å². The van der Waals surface area contributed by atoms with E-state index in [2.05, 4.69) is 28.2 Å². The molecule has 0 spiro atoms. The maximum Gasteiger partial charge on any atom is 0.165 e. The van der Waals surface area contributed by atoms with Gasteiger partial charge in [0.1, 0.15) is 5.75 Å². The fourth-order valence-electron chi connectivity index (χ4n) is 3.17. The summed E-state index contributed by atoms with van der Waals surface area (Å²) in [5.74, 6) is 0.979. The number of anilines is 1. The quantitative estimate of drug-likeness (QED) is 0.251. The number of aryl methyl sites for hydroxylation is 1. The van der Waals surface area contributed by atoms with Crippen molar-refractivity contribution < 1.29 is 9.53 Å². The Bertz CT molecular complexity index is 934. The average molecular weight is 466 g/mol. The first kappa shape index (κ1) is 22.1. The number of halogens is 1. The van der Waals surface area contributed by atoms with Crippen LogP contribution in [0.2, 0.25) is 0 Å². The van der Waals surface area contributed by atoms with E-state index in [4.69, 9.17) is 4.74 Å². The Morgan fingerprint density at radius 2 is 1.63 bits per heavy atom. The third-order valence-corrected chi connectivity index (χ3v) is 5.53. The number of ether oxygens (including phenoxy) is 1. The molecule has 1 N–H and O–H groups in total. The van der Waals surface area contributed by atoms with Crippen LogP contribution in [0.25, 0.3) is 0 Å². The van der Waals surface area contributed by atoms with Crippen molar-refractivity contribution >= 4 is 27.4 Å². The minimum Gasteiger partial charge on any atom is -0.494 e. The highest BCUT2D eigenvalue weighted by Crippen LogP contribution is 2.27. The SMILES string of the molecule is CCCCOc1ccc([C@H](CC(=O)c2ccc(C)cc2)Nc2ccc(Br)cc2)cc1. The van der Waals surface area contributed by atoms with E-state index in [9.17, 15) is 4.79 Å². The van der Waals surface area contributed by atoms with E-state index in [-0.39, 0.29) is 11.8 Å². The van der Waals surface area contributed by atoms with Gasteiger partial charge in [-0.1, -0.05) is 71.2 Å². The number of hydrogen-bond donors (Lipinski definition) is 1. The van der Waals surface area contributed by atoms with Crippen LogP contribution in [0.4, 0.5) is 5.69 Å². The fourth-order valence-corrected chi connectivity index (χ4v) is 3.44. The van der Waals surface area contributed by atoms with Crippen LogP contribution in [0.15, 0.2) is 77.3 Å². The van der Waals surface area contributed by atoms with Gasteiger partial charge < -0.3 is 10.1 Å². The fraction of sp³-hybridized carbons (Fsp3) is 0.269. The molecule has 0 bridgehead atoms. The van der Waals surface area contributed by atoms with Crippen LogP contribution < -0.4 is 10.1 Å².